The summed E-state index contributed by atoms with van der Waals surface area (Å²) in [5.41, 5.74) is 1.58. The zero-order valence-corrected chi connectivity index (χ0v) is 10.5. The molecule has 1 nitrogen and oxygen atoms in total. The number of nitrogens with one attached hydrogen (secondary N) is 1. The van der Waals surface area contributed by atoms with Crippen LogP contribution >= 0.6 is 0 Å². The summed E-state index contributed by atoms with van der Waals surface area (Å²) in [6, 6.07) is 6.73. The third kappa shape index (κ3) is 5.86. The van der Waals surface area contributed by atoms with Crippen LogP contribution in [0.1, 0.15) is 32.8 Å². The fourth-order valence-electron chi connectivity index (χ4n) is 1.47. The standard InChI is InChI=1S/C14H22FN/c1-14(2,3)9-11-16-10-8-12-4-6-13(15)7-5-12/h4-7,16H,8-11H2,1-3H3. The molecule has 0 radical (unpaired) electrons. The Morgan fingerprint density at radius 1 is 1.06 bits per heavy atom. The van der Waals surface area contributed by atoms with Gasteiger partial charge in [-0.1, -0.05) is 32.9 Å². The fourth-order valence-corrected chi connectivity index (χ4v) is 1.47. The Hall–Kier alpha value is -0.890. The lowest BCUT2D eigenvalue weighted by atomic mass is 9.92. The molecule has 16 heavy (non-hydrogen) atoms. The monoisotopic (exact) mass is 223 g/mol. The van der Waals surface area contributed by atoms with E-state index in [1.54, 1.807) is 0 Å². The highest BCUT2D eigenvalue weighted by Crippen LogP contribution is 2.16. The van der Waals surface area contributed by atoms with Gasteiger partial charge in [0.1, 0.15) is 5.82 Å². The van der Waals surface area contributed by atoms with E-state index in [0.717, 1.165) is 19.5 Å². The van der Waals surface area contributed by atoms with Crippen LogP contribution < -0.4 is 5.32 Å². The minimum absolute atomic E-state index is 0.163. The van der Waals surface area contributed by atoms with Gasteiger partial charge in [0.05, 0.1) is 0 Å². The number of rotatable bonds is 5. The smallest absolute Gasteiger partial charge is 0.123 e. The van der Waals surface area contributed by atoms with Gasteiger partial charge < -0.3 is 5.32 Å². The highest BCUT2D eigenvalue weighted by molar-refractivity contribution is 5.16. The Morgan fingerprint density at radius 3 is 2.25 bits per heavy atom. The fraction of sp³-hybridized carbons (Fsp3) is 0.571. The molecule has 0 fully saturated rings. The number of hydrogen-bond donors (Lipinski definition) is 1. The van der Waals surface area contributed by atoms with Crippen molar-refractivity contribution in [2.45, 2.75) is 33.6 Å². The Bertz CT molecular complexity index is 298. The molecule has 0 atom stereocenters. The van der Waals surface area contributed by atoms with Gasteiger partial charge in [0.2, 0.25) is 0 Å². The Kier molecular flexibility index (Phi) is 4.94. The van der Waals surface area contributed by atoms with Crippen LogP contribution in [0.5, 0.6) is 0 Å². The molecule has 0 aliphatic carbocycles. The zero-order chi connectivity index (χ0) is 12.0. The molecule has 2 heteroatoms. The van der Waals surface area contributed by atoms with Crippen molar-refractivity contribution in [1.82, 2.24) is 5.32 Å². The van der Waals surface area contributed by atoms with Gasteiger partial charge in [-0.15, -0.1) is 0 Å². The van der Waals surface area contributed by atoms with Crippen molar-refractivity contribution in [3.8, 4) is 0 Å². The van der Waals surface area contributed by atoms with E-state index >= 15 is 0 Å². The summed E-state index contributed by atoms with van der Waals surface area (Å²) in [6.07, 6.45) is 2.14. The van der Waals surface area contributed by atoms with Crippen molar-refractivity contribution in [2.75, 3.05) is 13.1 Å². The van der Waals surface area contributed by atoms with Crippen LogP contribution in [-0.2, 0) is 6.42 Å². The highest BCUT2D eigenvalue weighted by atomic mass is 19.1. The molecule has 90 valence electrons. The Labute approximate surface area is 98.1 Å². The van der Waals surface area contributed by atoms with Crippen molar-refractivity contribution < 1.29 is 4.39 Å². The van der Waals surface area contributed by atoms with Gasteiger partial charge in [0.15, 0.2) is 0 Å². The molecular formula is C14H22FN. The van der Waals surface area contributed by atoms with Crippen molar-refractivity contribution in [3.05, 3.63) is 35.6 Å². The third-order valence-electron chi connectivity index (χ3n) is 2.56. The lowest BCUT2D eigenvalue weighted by Gasteiger charge is -2.18. The second-order valence-corrected chi connectivity index (χ2v) is 5.44. The van der Waals surface area contributed by atoms with Crippen molar-refractivity contribution >= 4 is 0 Å². The normalized spacial score (nSPS) is 11.8. The quantitative estimate of drug-likeness (QED) is 0.754. The molecule has 0 saturated heterocycles. The van der Waals surface area contributed by atoms with E-state index in [9.17, 15) is 4.39 Å². The summed E-state index contributed by atoms with van der Waals surface area (Å²) in [7, 11) is 0. The first-order valence-electron chi connectivity index (χ1n) is 5.92. The predicted octanol–water partition coefficient (Wildman–Crippen LogP) is 3.39. The summed E-state index contributed by atoms with van der Waals surface area (Å²) in [5.74, 6) is -0.163. The third-order valence-corrected chi connectivity index (χ3v) is 2.56. The second kappa shape index (κ2) is 6.00. The molecule has 1 N–H and O–H groups in total. The van der Waals surface area contributed by atoms with E-state index in [2.05, 4.69) is 26.1 Å². The zero-order valence-electron chi connectivity index (χ0n) is 10.5. The lowest BCUT2D eigenvalue weighted by Crippen LogP contribution is -2.22. The highest BCUT2D eigenvalue weighted by Gasteiger charge is 2.08. The molecule has 0 saturated carbocycles. The average molecular weight is 223 g/mol. The van der Waals surface area contributed by atoms with Crippen molar-refractivity contribution in [1.29, 1.82) is 0 Å². The van der Waals surface area contributed by atoms with E-state index in [1.165, 1.54) is 24.1 Å². The van der Waals surface area contributed by atoms with Crippen molar-refractivity contribution in [2.24, 2.45) is 5.41 Å². The van der Waals surface area contributed by atoms with Gasteiger partial charge in [-0.3, -0.25) is 0 Å². The van der Waals surface area contributed by atoms with E-state index in [-0.39, 0.29) is 5.82 Å². The van der Waals surface area contributed by atoms with Crippen molar-refractivity contribution in [3.63, 3.8) is 0 Å². The first-order valence-corrected chi connectivity index (χ1v) is 5.92. The molecule has 1 aromatic rings. The molecule has 0 bridgehead atoms. The minimum atomic E-state index is -0.163. The Balaban J connectivity index is 2.14. The van der Waals surface area contributed by atoms with Crippen LogP contribution in [0.4, 0.5) is 4.39 Å². The van der Waals surface area contributed by atoms with Crippen LogP contribution in [-0.4, -0.2) is 13.1 Å². The molecule has 0 amide bonds. The maximum atomic E-state index is 12.6. The van der Waals surface area contributed by atoms with Gasteiger partial charge in [-0.2, -0.15) is 0 Å². The van der Waals surface area contributed by atoms with Gasteiger partial charge in [0.25, 0.3) is 0 Å². The Morgan fingerprint density at radius 2 is 1.69 bits per heavy atom. The molecule has 0 aliphatic rings. The first kappa shape index (κ1) is 13.2. The topological polar surface area (TPSA) is 12.0 Å². The molecule has 0 heterocycles. The number of halogens is 1. The van der Waals surface area contributed by atoms with Gasteiger partial charge in [-0.25, -0.2) is 4.39 Å². The number of benzene rings is 1. The van der Waals surface area contributed by atoms with Gasteiger partial charge in [-0.05, 0) is 49.0 Å². The summed E-state index contributed by atoms with van der Waals surface area (Å²) in [6.45, 7) is 8.74. The molecule has 0 aromatic heterocycles. The molecule has 1 rings (SSSR count). The van der Waals surface area contributed by atoms with Gasteiger partial charge >= 0.3 is 0 Å². The summed E-state index contributed by atoms with van der Waals surface area (Å²) < 4.78 is 12.6. The lowest BCUT2D eigenvalue weighted by molar-refractivity contribution is 0.367. The summed E-state index contributed by atoms with van der Waals surface area (Å²) in [5, 5.41) is 3.41. The van der Waals surface area contributed by atoms with Crippen LogP contribution in [0.3, 0.4) is 0 Å². The van der Waals surface area contributed by atoms with E-state index in [0.29, 0.717) is 5.41 Å². The van der Waals surface area contributed by atoms with Crippen LogP contribution in [0.2, 0.25) is 0 Å². The van der Waals surface area contributed by atoms with E-state index < -0.39 is 0 Å². The van der Waals surface area contributed by atoms with Crippen LogP contribution in [0.25, 0.3) is 0 Å². The molecule has 0 aliphatic heterocycles. The second-order valence-electron chi connectivity index (χ2n) is 5.44. The molecule has 0 unspecified atom stereocenters. The molecule has 1 aromatic carbocycles. The summed E-state index contributed by atoms with van der Waals surface area (Å²) >= 11 is 0. The van der Waals surface area contributed by atoms with E-state index in [1.807, 2.05) is 12.1 Å². The van der Waals surface area contributed by atoms with Crippen LogP contribution in [0.15, 0.2) is 24.3 Å². The predicted molar refractivity (Wildman–Crippen MR) is 67.0 cm³/mol. The molecule has 0 spiro atoms. The minimum Gasteiger partial charge on any atom is -0.316 e. The largest absolute Gasteiger partial charge is 0.316 e. The summed E-state index contributed by atoms with van der Waals surface area (Å²) in [4.78, 5) is 0. The first-order chi connectivity index (χ1) is 7.47. The maximum absolute atomic E-state index is 12.6. The van der Waals surface area contributed by atoms with Crippen LogP contribution in [0, 0.1) is 11.2 Å². The average Bonchev–Trinajstić information content (AvgIpc) is 2.19. The maximum Gasteiger partial charge on any atom is 0.123 e. The number of hydrogen-bond acceptors (Lipinski definition) is 1. The SMILES string of the molecule is CC(C)(C)CCNCCc1ccc(F)cc1. The molecular weight excluding hydrogens is 201 g/mol. The van der Waals surface area contributed by atoms with E-state index in [4.69, 9.17) is 0 Å². The van der Waals surface area contributed by atoms with Gasteiger partial charge in [0, 0.05) is 0 Å².